The van der Waals surface area contributed by atoms with Gasteiger partial charge in [-0.2, -0.15) is 0 Å². The number of thiophene rings is 1. The lowest BCUT2D eigenvalue weighted by molar-refractivity contribution is 0.0966. The van der Waals surface area contributed by atoms with E-state index in [0.717, 1.165) is 30.3 Å². The van der Waals surface area contributed by atoms with Gasteiger partial charge < -0.3 is 5.73 Å². The van der Waals surface area contributed by atoms with E-state index in [1.807, 2.05) is 6.07 Å². The Balaban J connectivity index is 2.77. The zero-order chi connectivity index (χ0) is 13.6. The molecule has 0 saturated heterocycles. The lowest BCUT2D eigenvalue weighted by Gasteiger charge is -2.41. The molecule has 0 atom stereocenters. The van der Waals surface area contributed by atoms with Gasteiger partial charge in [0.1, 0.15) is 0 Å². The normalized spacial score (nSPS) is 12.3. The maximum absolute atomic E-state index is 6.08. The third kappa shape index (κ3) is 3.95. The Bertz CT molecular complexity index is 345. The minimum atomic E-state index is 0.139. The van der Waals surface area contributed by atoms with Gasteiger partial charge in [-0.1, -0.05) is 38.3 Å². The Kier molecular flexibility index (Phi) is 6.64. The lowest BCUT2D eigenvalue weighted by atomic mass is 9.87. The molecule has 0 aromatic carbocycles. The summed E-state index contributed by atoms with van der Waals surface area (Å²) in [4.78, 5) is 3.73. The van der Waals surface area contributed by atoms with Crippen LogP contribution in [0, 0.1) is 0 Å². The number of nitrogens with zero attached hydrogens (tertiary/aromatic N) is 1. The van der Waals surface area contributed by atoms with Crippen molar-refractivity contribution in [3.63, 3.8) is 0 Å². The second-order valence-corrected chi connectivity index (χ2v) is 6.79. The Morgan fingerprint density at radius 3 is 2.28 bits per heavy atom. The maximum atomic E-state index is 6.08. The van der Waals surface area contributed by atoms with E-state index < -0.39 is 0 Å². The molecule has 0 radical (unpaired) electrons. The van der Waals surface area contributed by atoms with Gasteiger partial charge in [0, 0.05) is 23.5 Å². The number of rotatable bonds is 8. The topological polar surface area (TPSA) is 29.3 Å². The molecular weight excluding hydrogens is 264 g/mol. The van der Waals surface area contributed by atoms with Crippen LogP contribution in [0.25, 0.3) is 0 Å². The second kappa shape index (κ2) is 7.49. The average Bonchev–Trinajstić information content (AvgIpc) is 2.74. The van der Waals surface area contributed by atoms with Crippen LogP contribution in [0.15, 0.2) is 12.1 Å². The van der Waals surface area contributed by atoms with Gasteiger partial charge in [-0.05, 0) is 32.0 Å². The van der Waals surface area contributed by atoms with Gasteiger partial charge >= 0.3 is 0 Å². The zero-order valence-electron chi connectivity index (χ0n) is 11.7. The molecule has 1 rings (SSSR count). The van der Waals surface area contributed by atoms with Gasteiger partial charge in [0.25, 0.3) is 0 Å². The van der Waals surface area contributed by atoms with Gasteiger partial charge in [-0.15, -0.1) is 11.3 Å². The van der Waals surface area contributed by atoms with Gasteiger partial charge in [0.05, 0.1) is 4.34 Å². The maximum Gasteiger partial charge on any atom is 0.0931 e. The lowest BCUT2D eigenvalue weighted by Crippen LogP contribution is -2.51. The van der Waals surface area contributed by atoms with E-state index in [2.05, 4.69) is 31.9 Å². The largest absolute Gasteiger partial charge is 0.329 e. The summed E-state index contributed by atoms with van der Waals surface area (Å²) in [7, 11) is 2.19. The smallest absolute Gasteiger partial charge is 0.0931 e. The molecular formula is C14H25ClN2S. The summed E-state index contributed by atoms with van der Waals surface area (Å²) in [6.45, 7) is 6.13. The third-order valence-electron chi connectivity index (χ3n) is 3.64. The summed E-state index contributed by atoms with van der Waals surface area (Å²) in [6, 6.07) is 4.09. The predicted molar refractivity (Wildman–Crippen MR) is 82.4 cm³/mol. The van der Waals surface area contributed by atoms with Gasteiger partial charge in [0.15, 0.2) is 0 Å². The summed E-state index contributed by atoms with van der Waals surface area (Å²) in [5.74, 6) is 0. The number of halogens is 1. The van der Waals surface area contributed by atoms with Gasteiger partial charge in [-0.3, -0.25) is 4.90 Å². The molecule has 0 fully saturated rings. The first-order valence-corrected chi connectivity index (χ1v) is 7.93. The average molecular weight is 289 g/mol. The van der Waals surface area contributed by atoms with Crippen molar-refractivity contribution in [3.8, 4) is 0 Å². The van der Waals surface area contributed by atoms with Crippen LogP contribution in [0.2, 0.25) is 4.34 Å². The fraction of sp³-hybridized carbons (Fsp3) is 0.714. The Labute approximate surface area is 120 Å². The predicted octanol–water partition coefficient (Wildman–Crippen LogP) is 4.13. The minimum absolute atomic E-state index is 0.139. The molecule has 18 heavy (non-hydrogen) atoms. The van der Waals surface area contributed by atoms with E-state index in [0.29, 0.717) is 0 Å². The third-order valence-corrected chi connectivity index (χ3v) is 4.86. The molecule has 0 amide bonds. The van der Waals surface area contributed by atoms with Crippen molar-refractivity contribution in [3.05, 3.63) is 21.3 Å². The summed E-state index contributed by atoms with van der Waals surface area (Å²) >= 11 is 7.65. The van der Waals surface area contributed by atoms with E-state index in [-0.39, 0.29) is 5.54 Å². The summed E-state index contributed by atoms with van der Waals surface area (Å²) in [6.07, 6.45) is 4.67. The van der Waals surface area contributed by atoms with Crippen molar-refractivity contribution in [1.82, 2.24) is 4.90 Å². The monoisotopic (exact) mass is 288 g/mol. The zero-order valence-corrected chi connectivity index (χ0v) is 13.3. The van der Waals surface area contributed by atoms with E-state index >= 15 is 0 Å². The van der Waals surface area contributed by atoms with Crippen molar-refractivity contribution in [1.29, 1.82) is 0 Å². The molecule has 1 heterocycles. The molecule has 0 bridgehead atoms. The summed E-state index contributed by atoms with van der Waals surface area (Å²) < 4.78 is 0.864. The van der Waals surface area contributed by atoms with Crippen LogP contribution in [0.4, 0.5) is 0 Å². The number of likely N-dealkylation sites (N-methyl/N-ethyl adjacent to an activating group) is 1. The molecule has 4 heteroatoms. The van der Waals surface area contributed by atoms with E-state index in [9.17, 15) is 0 Å². The molecule has 1 aromatic rings. The Morgan fingerprint density at radius 2 is 1.89 bits per heavy atom. The first-order valence-electron chi connectivity index (χ1n) is 6.73. The summed E-state index contributed by atoms with van der Waals surface area (Å²) in [5.41, 5.74) is 6.21. The highest BCUT2D eigenvalue weighted by atomic mass is 35.5. The molecule has 0 saturated carbocycles. The SMILES string of the molecule is CCCC(CN)(CCC)N(C)Cc1ccc(Cl)s1. The number of hydrogen-bond acceptors (Lipinski definition) is 3. The van der Waals surface area contributed by atoms with Crippen LogP contribution in [-0.2, 0) is 6.54 Å². The number of nitrogens with two attached hydrogens (primary N) is 1. The summed E-state index contributed by atoms with van der Waals surface area (Å²) in [5, 5.41) is 0. The molecule has 0 aliphatic carbocycles. The van der Waals surface area contributed by atoms with Crippen LogP contribution in [0.3, 0.4) is 0 Å². The molecule has 104 valence electrons. The highest BCUT2D eigenvalue weighted by Crippen LogP contribution is 2.29. The highest BCUT2D eigenvalue weighted by Gasteiger charge is 2.31. The Morgan fingerprint density at radius 1 is 1.28 bits per heavy atom. The first-order chi connectivity index (χ1) is 8.57. The van der Waals surface area contributed by atoms with E-state index in [1.54, 1.807) is 11.3 Å². The van der Waals surface area contributed by atoms with Crippen molar-refractivity contribution in [2.45, 2.75) is 51.6 Å². The van der Waals surface area contributed by atoms with Crippen molar-refractivity contribution < 1.29 is 0 Å². The van der Waals surface area contributed by atoms with Crippen LogP contribution in [0.1, 0.15) is 44.4 Å². The van der Waals surface area contributed by atoms with Crippen LogP contribution in [-0.4, -0.2) is 24.0 Å². The van der Waals surface area contributed by atoms with Crippen LogP contribution in [0.5, 0.6) is 0 Å². The van der Waals surface area contributed by atoms with Crippen molar-refractivity contribution in [2.75, 3.05) is 13.6 Å². The quantitative estimate of drug-likeness (QED) is 0.779. The molecule has 2 nitrogen and oxygen atoms in total. The molecule has 0 aliphatic rings. The Hall–Kier alpha value is -0.0900. The fourth-order valence-electron chi connectivity index (χ4n) is 2.64. The standard InChI is InChI=1S/C14H25ClN2S/c1-4-8-14(11-16,9-5-2)17(3)10-12-6-7-13(15)18-12/h6-7H,4-5,8-11,16H2,1-3H3. The van der Waals surface area contributed by atoms with E-state index in [1.165, 1.54) is 17.7 Å². The van der Waals surface area contributed by atoms with Crippen molar-refractivity contribution in [2.24, 2.45) is 5.73 Å². The van der Waals surface area contributed by atoms with E-state index in [4.69, 9.17) is 17.3 Å². The molecule has 0 aliphatic heterocycles. The van der Waals surface area contributed by atoms with Crippen molar-refractivity contribution >= 4 is 22.9 Å². The molecule has 1 aromatic heterocycles. The molecule has 0 unspecified atom stereocenters. The fourth-order valence-corrected chi connectivity index (χ4v) is 3.78. The highest BCUT2D eigenvalue weighted by molar-refractivity contribution is 7.16. The van der Waals surface area contributed by atoms with Gasteiger partial charge in [0.2, 0.25) is 0 Å². The molecule has 0 spiro atoms. The number of hydrogen-bond donors (Lipinski definition) is 1. The second-order valence-electron chi connectivity index (χ2n) is 4.99. The minimum Gasteiger partial charge on any atom is -0.329 e. The van der Waals surface area contributed by atoms with Crippen LogP contribution >= 0.6 is 22.9 Å². The van der Waals surface area contributed by atoms with Crippen LogP contribution < -0.4 is 5.73 Å². The molecule has 2 N–H and O–H groups in total. The van der Waals surface area contributed by atoms with Gasteiger partial charge in [-0.25, -0.2) is 0 Å². The first kappa shape index (κ1) is 16.0.